The SMILES string of the molecule is O=C(c1coc(CN(Cc2ccc3c(c2)OCO3)Cc2ccc(Cl)cc2Cl)n1)N1CCOCC1. The first kappa shape index (κ1) is 23.0. The number of benzene rings is 2. The van der Waals surface area contributed by atoms with Crippen LogP contribution in [-0.2, 0) is 24.4 Å². The molecule has 0 bridgehead atoms. The molecule has 0 saturated carbocycles. The van der Waals surface area contributed by atoms with Crippen LogP contribution in [0.25, 0.3) is 0 Å². The van der Waals surface area contributed by atoms with Gasteiger partial charge in [-0.05, 0) is 35.4 Å². The third-order valence-corrected chi connectivity index (χ3v) is 6.27. The fourth-order valence-corrected chi connectivity index (χ4v) is 4.43. The van der Waals surface area contributed by atoms with Gasteiger partial charge in [0.05, 0.1) is 19.8 Å². The lowest BCUT2D eigenvalue weighted by Gasteiger charge is -2.25. The molecule has 1 saturated heterocycles. The van der Waals surface area contributed by atoms with Crippen LogP contribution in [0.3, 0.4) is 0 Å². The maximum atomic E-state index is 12.7. The van der Waals surface area contributed by atoms with Crippen molar-refractivity contribution in [2.75, 3.05) is 33.1 Å². The highest BCUT2D eigenvalue weighted by Gasteiger charge is 2.23. The second-order valence-electron chi connectivity index (χ2n) is 8.10. The van der Waals surface area contributed by atoms with Gasteiger partial charge in [-0.15, -0.1) is 0 Å². The number of carbonyl (C=O) groups is 1. The lowest BCUT2D eigenvalue weighted by molar-refractivity contribution is 0.0299. The second kappa shape index (κ2) is 10.2. The molecule has 0 radical (unpaired) electrons. The number of morpholine rings is 1. The lowest BCUT2D eigenvalue weighted by Crippen LogP contribution is -2.40. The lowest BCUT2D eigenvalue weighted by atomic mass is 10.1. The number of oxazole rings is 1. The van der Waals surface area contributed by atoms with Crippen molar-refractivity contribution < 1.29 is 23.4 Å². The average Bonchev–Trinajstić information content (AvgIpc) is 3.50. The van der Waals surface area contributed by atoms with Gasteiger partial charge in [0.2, 0.25) is 12.7 Å². The maximum Gasteiger partial charge on any atom is 0.275 e. The monoisotopic (exact) mass is 503 g/mol. The molecule has 178 valence electrons. The zero-order valence-corrected chi connectivity index (χ0v) is 19.8. The Labute approximate surface area is 206 Å². The molecular weight excluding hydrogens is 481 g/mol. The highest BCUT2D eigenvalue weighted by Crippen LogP contribution is 2.33. The molecule has 1 amide bonds. The van der Waals surface area contributed by atoms with Gasteiger partial charge in [0.15, 0.2) is 17.2 Å². The third-order valence-electron chi connectivity index (χ3n) is 5.68. The molecule has 1 fully saturated rings. The summed E-state index contributed by atoms with van der Waals surface area (Å²) in [7, 11) is 0. The minimum absolute atomic E-state index is 0.152. The molecule has 0 aliphatic carbocycles. The van der Waals surface area contributed by atoms with Gasteiger partial charge in [0.1, 0.15) is 6.26 Å². The summed E-state index contributed by atoms with van der Waals surface area (Å²) in [6.45, 7) is 3.86. The highest BCUT2D eigenvalue weighted by molar-refractivity contribution is 6.35. The number of carbonyl (C=O) groups excluding carboxylic acids is 1. The molecule has 3 aromatic rings. The molecule has 2 aromatic carbocycles. The summed E-state index contributed by atoms with van der Waals surface area (Å²) in [4.78, 5) is 21.1. The first-order valence-electron chi connectivity index (χ1n) is 10.9. The molecule has 8 nitrogen and oxygen atoms in total. The van der Waals surface area contributed by atoms with Crippen LogP contribution in [-0.4, -0.2) is 53.8 Å². The van der Waals surface area contributed by atoms with E-state index in [1.807, 2.05) is 30.3 Å². The minimum Gasteiger partial charge on any atom is -0.454 e. The van der Waals surface area contributed by atoms with Gasteiger partial charge < -0.3 is 23.5 Å². The topological polar surface area (TPSA) is 77.3 Å². The van der Waals surface area contributed by atoms with Crippen molar-refractivity contribution in [3.05, 3.63) is 75.4 Å². The predicted octanol–water partition coefficient (Wildman–Crippen LogP) is 4.38. The quantitative estimate of drug-likeness (QED) is 0.473. The fourth-order valence-electron chi connectivity index (χ4n) is 3.96. The highest BCUT2D eigenvalue weighted by atomic mass is 35.5. The molecule has 0 spiro atoms. The molecule has 0 unspecified atom stereocenters. The van der Waals surface area contributed by atoms with Crippen LogP contribution in [0.4, 0.5) is 0 Å². The van der Waals surface area contributed by atoms with E-state index in [0.29, 0.717) is 67.6 Å². The summed E-state index contributed by atoms with van der Waals surface area (Å²) in [6.07, 6.45) is 1.42. The molecular formula is C24H23Cl2N3O5. The molecule has 34 heavy (non-hydrogen) atoms. The van der Waals surface area contributed by atoms with Crippen LogP contribution in [0.2, 0.25) is 10.0 Å². The van der Waals surface area contributed by atoms with Gasteiger partial charge in [-0.1, -0.05) is 35.3 Å². The summed E-state index contributed by atoms with van der Waals surface area (Å²) >= 11 is 12.5. The van der Waals surface area contributed by atoms with Gasteiger partial charge in [0.25, 0.3) is 5.91 Å². The molecule has 2 aliphatic rings. The molecule has 1 aromatic heterocycles. The second-order valence-corrected chi connectivity index (χ2v) is 8.94. The zero-order valence-electron chi connectivity index (χ0n) is 18.3. The van der Waals surface area contributed by atoms with Crippen LogP contribution in [0.5, 0.6) is 11.5 Å². The number of fused-ring (bicyclic) bond motifs is 1. The Morgan fingerprint density at radius 1 is 1.00 bits per heavy atom. The Balaban J connectivity index is 1.34. The summed E-state index contributed by atoms with van der Waals surface area (Å²) in [5.74, 6) is 1.75. The molecule has 10 heteroatoms. The number of rotatable bonds is 7. The van der Waals surface area contributed by atoms with E-state index in [2.05, 4.69) is 9.88 Å². The number of hydrogen-bond donors (Lipinski definition) is 0. The Hall–Kier alpha value is -2.78. The number of aromatic nitrogens is 1. The Bertz CT molecular complexity index is 1180. The van der Waals surface area contributed by atoms with E-state index in [0.717, 1.165) is 22.6 Å². The summed E-state index contributed by atoms with van der Waals surface area (Å²) in [6, 6.07) is 11.3. The molecule has 0 N–H and O–H groups in total. The summed E-state index contributed by atoms with van der Waals surface area (Å²) in [5.41, 5.74) is 2.25. The fraction of sp³-hybridized carbons (Fsp3) is 0.333. The summed E-state index contributed by atoms with van der Waals surface area (Å²) < 4.78 is 21.9. The van der Waals surface area contributed by atoms with E-state index in [4.69, 9.17) is 41.8 Å². The van der Waals surface area contributed by atoms with E-state index >= 15 is 0 Å². The zero-order chi connectivity index (χ0) is 23.5. The average molecular weight is 504 g/mol. The molecule has 2 aliphatic heterocycles. The molecule has 0 atom stereocenters. The Morgan fingerprint density at radius 2 is 1.82 bits per heavy atom. The van der Waals surface area contributed by atoms with E-state index in [1.54, 1.807) is 11.0 Å². The van der Waals surface area contributed by atoms with E-state index in [-0.39, 0.29) is 12.7 Å². The van der Waals surface area contributed by atoms with Crippen LogP contribution in [0, 0.1) is 0 Å². The van der Waals surface area contributed by atoms with Crippen molar-refractivity contribution in [2.24, 2.45) is 0 Å². The van der Waals surface area contributed by atoms with Crippen molar-refractivity contribution >= 4 is 29.1 Å². The first-order valence-corrected chi connectivity index (χ1v) is 11.7. The molecule has 5 rings (SSSR count). The van der Waals surface area contributed by atoms with Crippen molar-refractivity contribution in [3.8, 4) is 11.5 Å². The minimum atomic E-state index is -0.152. The van der Waals surface area contributed by atoms with E-state index < -0.39 is 0 Å². The number of ether oxygens (including phenoxy) is 3. The van der Waals surface area contributed by atoms with Crippen LogP contribution >= 0.6 is 23.2 Å². The van der Waals surface area contributed by atoms with Crippen molar-refractivity contribution in [2.45, 2.75) is 19.6 Å². The first-order chi connectivity index (χ1) is 16.5. The van der Waals surface area contributed by atoms with E-state index in [9.17, 15) is 4.79 Å². The van der Waals surface area contributed by atoms with Crippen LogP contribution < -0.4 is 9.47 Å². The predicted molar refractivity (Wildman–Crippen MR) is 125 cm³/mol. The van der Waals surface area contributed by atoms with Crippen molar-refractivity contribution in [3.63, 3.8) is 0 Å². The standard InChI is InChI=1S/C24H23Cl2N3O5/c25-18-3-2-17(19(26)10-18)12-28(11-16-1-4-21-22(9-16)34-15-33-21)13-23-27-20(14-32-23)24(30)29-5-7-31-8-6-29/h1-4,9-10,14H,5-8,11-13,15H2. The van der Waals surface area contributed by atoms with Gasteiger partial charge in [-0.2, -0.15) is 0 Å². The van der Waals surface area contributed by atoms with E-state index in [1.165, 1.54) is 6.26 Å². The van der Waals surface area contributed by atoms with Gasteiger partial charge in [-0.25, -0.2) is 4.98 Å². The maximum absolute atomic E-state index is 12.7. The Kier molecular flexibility index (Phi) is 6.92. The van der Waals surface area contributed by atoms with Crippen molar-refractivity contribution in [1.82, 2.24) is 14.8 Å². The Morgan fingerprint density at radius 3 is 2.65 bits per heavy atom. The van der Waals surface area contributed by atoms with Gasteiger partial charge >= 0.3 is 0 Å². The number of amides is 1. The summed E-state index contributed by atoms with van der Waals surface area (Å²) in [5, 5.41) is 1.16. The largest absolute Gasteiger partial charge is 0.454 e. The molecule has 3 heterocycles. The van der Waals surface area contributed by atoms with Crippen LogP contribution in [0.15, 0.2) is 47.1 Å². The third kappa shape index (κ3) is 5.31. The van der Waals surface area contributed by atoms with Gasteiger partial charge in [0, 0.05) is 36.2 Å². The van der Waals surface area contributed by atoms with Crippen LogP contribution in [0.1, 0.15) is 27.5 Å². The van der Waals surface area contributed by atoms with Gasteiger partial charge in [-0.3, -0.25) is 9.69 Å². The number of nitrogens with zero attached hydrogens (tertiary/aromatic N) is 3. The smallest absolute Gasteiger partial charge is 0.275 e. The normalized spacial score (nSPS) is 15.2. The number of hydrogen-bond acceptors (Lipinski definition) is 7. The van der Waals surface area contributed by atoms with Crippen molar-refractivity contribution in [1.29, 1.82) is 0 Å². The number of halogens is 2.